The highest BCUT2D eigenvalue weighted by Crippen LogP contribution is 2.15. The first-order valence-electron chi connectivity index (χ1n) is 7.78. The summed E-state index contributed by atoms with van der Waals surface area (Å²) in [5.74, 6) is 0.170. The number of amides is 1. The fourth-order valence-electron chi connectivity index (χ4n) is 2.50. The molecule has 0 aromatic heterocycles. The molecule has 0 aliphatic carbocycles. The Morgan fingerprint density at radius 1 is 1.09 bits per heavy atom. The van der Waals surface area contributed by atoms with Crippen LogP contribution >= 0.6 is 0 Å². The number of carbonyl (C=O) groups excluding carboxylic acids is 1. The minimum absolute atomic E-state index is 0.170. The number of benzene rings is 1. The van der Waals surface area contributed by atoms with Gasteiger partial charge in [-0.1, -0.05) is 12.1 Å². The van der Waals surface area contributed by atoms with Crippen LogP contribution in [0.5, 0.6) is 0 Å². The molecule has 0 atom stereocenters. The Morgan fingerprint density at radius 3 is 2.17 bits per heavy atom. The first kappa shape index (κ1) is 17.9. The molecule has 1 saturated heterocycles. The van der Waals surface area contributed by atoms with Gasteiger partial charge in [-0.2, -0.15) is 0 Å². The van der Waals surface area contributed by atoms with E-state index < -0.39 is 10.0 Å². The van der Waals surface area contributed by atoms with Gasteiger partial charge in [0.05, 0.1) is 4.90 Å². The molecule has 1 aromatic carbocycles. The van der Waals surface area contributed by atoms with Gasteiger partial charge < -0.3 is 9.80 Å². The lowest BCUT2D eigenvalue weighted by molar-refractivity contribution is -0.132. The van der Waals surface area contributed by atoms with Crippen LogP contribution in [0.1, 0.15) is 12.0 Å². The average molecular weight is 339 g/mol. The van der Waals surface area contributed by atoms with Gasteiger partial charge in [-0.3, -0.25) is 4.79 Å². The van der Waals surface area contributed by atoms with Crippen LogP contribution in [0, 0.1) is 0 Å². The summed E-state index contributed by atoms with van der Waals surface area (Å²) in [6.07, 6.45) is 1.09. The van der Waals surface area contributed by atoms with Gasteiger partial charge in [0.2, 0.25) is 15.9 Å². The topological polar surface area (TPSA) is 60.9 Å². The van der Waals surface area contributed by atoms with Gasteiger partial charge in [0.25, 0.3) is 0 Å². The molecule has 1 amide bonds. The van der Waals surface area contributed by atoms with Gasteiger partial charge in [-0.15, -0.1) is 0 Å². The summed E-state index contributed by atoms with van der Waals surface area (Å²) < 4.78 is 25.2. The van der Waals surface area contributed by atoms with Crippen molar-refractivity contribution >= 4 is 15.9 Å². The average Bonchev–Trinajstić information content (AvgIpc) is 2.53. The Bertz CT molecular complexity index is 633. The predicted octanol–water partition coefficient (Wildman–Crippen LogP) is 0.644. The fourth-order valence-corrected chi connectivity index (χ4v) is 3.41. The second kappa shape index (κ2) is 7.42. The number of piperazine rings is 1. The fraction of sp³-hybridized carbons (Fsp3) is 0.562. The Balaban J connectivity index is 1.90. The molecule has 6 nitrogen and oxygen atoms in total. The quantitative estimate of drug-likeness (QED) is 0.790. The van der Waals surface area contributed by atoms with Crippen LogP contribution in [0.3, 0.4) is 0 Å². The molecule has 23 heavy (non-hydrogen) atoms. The van der Waals surface area contributed by atoms with E-state index in [9.17, 15) is 13.2 Å². The highest BCUT2D eigenvalue weighted by Gasteiger charge is 2.19. The summed E-state index contributed by atoms with van der Waals surface area (Å²) in [5.41, 5.74) is 0.977. The van der Waals surface area contributed by atoms with Crippen LogP contribution < -0.4 is 0 Å². The van der Waals surface area contributed by atoms with Crippen LogP contribution in [0.25, 0.3) is 0 Å². The van der Waals surface area contributed by atoms with E-state index in [2.05, 4.69) is 11.9 Å². The van der Waals surface area contributed by atoms with Gasteiger partial charge in [-0.05, 0) is 31.2 Å². The third kappa shape index (κ3) is 4.53. The van der Waals surface area contributed by atoms with E-state index in [1.807, 2.05) is 4.90 Å². The monoisotopic (exact) mass is 339 g/mol. The normalized spacial score (nSPS) is 16.8. The summed E-state index contributed by atoms with van der Waals surface area (Å²) in [5, 5.41) is 0. The molecule has 0 bridgehead atoms. The van der Waals surface area contributed by atoms with E-state index in [1.165, 1.54) is 18.4 Å². The van der Waals surface area contributed by atoms with Crippen molar-refractivity contribution in [1.29, 1.82) is 0 Å². The molecule has 128 valence electrons. The Hall–Kier alpha value is -1.44. The van der Waals surface area contributed by atoms with Crippen molar-refractivity contribution in [3.05, 3.63) is 29.8 Å². The predicted molar refractivity (Wildman–Crippen MR) is 89.7 cm³/mol. The third-order valence-electron chi connectivity index (χ3n) is 4.19. The van der Waals surface area contributed by atoms with Crippen molar-refractivity contribution in [2.24, 2.45) is 0 Å². The third-order valence-corrected chi connectivity index (χ3v) is 6.01. The molecule has 0 N–H and O–H groups in total. The standard InChI is InChI=1S/C16H25N3O3S/c1-17(2)23(21,22)15-7-4-14(5-8-15)6-9-16(20)19-12-10-18(3)11-13-19/h4-5,7-8H,6,9-13H2,1-3H3. The van der Waals surface area contributed by atoms with Gasteiger partial charge in [0, 0.05) is 46.7 Å². The number of carbonyl (C=O) groups is 1. The molecule has 1 aliphatic rings. The molecule has 0 radical (unpaired) electrons. The molecule has 0 unspecified atom stereocenters. The van der Waals surface area contributed by atoms with Gasteiger partial charge in [0.1, 0.15) is 0 Å². The van der Waals surface area contributed by atoms with E-state index in [1.54, 1.807) is 24.3 Å². The summed E-state index contributed by atoms with van der Waals surface area (Å²) in [6.45, 7) is 3.41. The molecular weight excluding hydrogens is 314 g/mol. The van der Waals surface area contributed by atoms with Crippen LogP contribution in [-0.2, 0) is 21.2 Å². The maximum Gasteiger partial charge on any atom is 0.242 e. The van der Waals surface area contributed by atoms with Crippen LogP contribution in [0.15, 0.2) is 29.2 Å². The number of hydrogen-bond donors (Lipinski definition) is 0. The highest BCUT2D eigenvalue weighted by atomic mass is 32.2. The van der Waals surface area contributed by atoms with E-state index in [0.29, 0.717) is 12.8 Å². The minimum Gasteiger partial charge on any atom is -0.340 e. The van der Waals surface area contributed by atoms with E-state index >= 15 is 0 Å². The van der Waals surface area contributed by atoms with Gasteiger partial charge in [0.15, 0.2) is 0 Å². The molecule has 7 heteroatoms. The first-order valence-corrected chi connectivity index (χ1v) is 9.22. The molecule has 1 heterocycles. The molecule has 0 saturated carbocycles. The van der Waals surface area contributed by atoms with Crippen molar-refractivity contribution in [2.45, 2.75) is 17.7 Å². The second-order valence-electron chi connectivity index (χ2n) is 6.12. The number of hydrogen-bond acceptors (Lipinski definition) is 4. The lowest BCUT2D eigenvalue weighted by Crippen LogP contribution is -2.47. The van der Waals surface area contributed by atoms with Gasteiger partial charge in [-0.25, -0.2) is 12.7 Å². The smallest absolute Gasteiger partial charge is 0.242 e. The van der Waals surface area contributed by atoms with E-state index in [0.717, 1.165) is 31.7 Å². The highest BCUT2D eigenvalue weighted by molar-refractivity contribution is 7.89. The Labute approximate surface area is 138 Å². The molecule has 1 fully saturated rings. The lowest BCUT2D eigenvalue weighted by Gasteiger charge is -2.32. The molecular formula is C16H25N3O3S. The van der Waals surface area contributed by atoms with Crippen molar-refractivity contribution in [3.8, 4) is 0 Å². The maximum atomic E-state index is 12.2. The minimum atomic E-state index is -3.39. The maximum absolute atomic E-state index is 12.2. The van der Waals surface area contributed by atoms with Crippen molar-refractivity contribution < 1.29 is 13.2 Å². The van der Waals surface area contributed by atoms with E-state index in [4.69, 9.17) is 0 Å². The van der Waals surface area contributed by atoms with Crippen molar-refractivity contribution in [1.82, 2.24) is 14.1 Å². The molecule has 1 aliphatic heterocycles. The SMILES string of the molecule is CN1CCN(C(=O)CCc2ccc(S(=O)(=O)N(C)C)cc2)CC1. The van der Waals surface area contributed by atoms with Crippen LogP contribution in [0.4, 0.5) is 0 Å². The first-order chi connectivity index (χ1) is 10.8. The summed E-state index contributed by atoms with van der Waals surface area (Å²) >= 11 is 0. The zero-order valence-corrected chi connectivity index (χ0v) is 14.8. The number of sulfonamides is 1. The van der Waals surface area contributed by atoms with E-state index in [-0.39, 0.29) is 10.8 Å². The number of rotatable bonds is 5. The summed E-state index contributed by atoms with van der Waals surface area (Å²) in [4.78, 5) is 16.6. The van der Waals surface area contributed by atoms with Gasteiger partial charge >= 0.3 is 0 Å². The Kier molecular flexibility index (Phi) is 5.78. The molecule has 2 rings (SSSR count). The van der Waals surface area contributed by atoms with Crippen molar-refractivity contribution in [3.63, 3.8) is 0 Å². The van der Waals surface area contributed by atoms with Crippen molar-refractivity contribution in [2.75, 3.05) is 47.3 Å². The second-order valence-corrected chi connectivity index (χ2v) is 8.27. The molecule has 1 aromatic rings. The number of aryl methyl sites for hydroxylation is 1. The molecule has 0 spiro atoms. The lowest BCUT2D eigenvalue weighted by atomic mass is 10.1. The Morgan fingerprint density at radius 2 is 1.65 bits per heavy atom. The summed E-state index contributed by atoms with van der Waals surface area (Å²) in [7, 11) is 1.69. The number of nitrogens with zero attached hydrogens (tertiary/aromatic N) is 3. The zero-order chi connectivity index (χ0) is 17.0. The van der Waals surface area contributed by atoms with Crippen LogP contribution in [-0.4, -0.2) is 75.8 Å². The largest absolute Gasteiger partial charge is 0.340 e. The zero-order valence-electron chi connectivity index (χ0n) is 14.0. The van der Waals surface area contributed by atoms with Crippen LogP contribution in [0.2, 0.25) is 0 Å². The number of likely N-dealkylation sites (N-methyl/N-ethyl adjacent to an activating group) is 1. The summed E-state index contributed by atoms with van der Waals surface area (Å²) in [6, 6.07) is 6.78.